The maximum absolute atomic E-state index is 12.5. The summed E-state index contributed by atoms with van der Waals surface area (Å²) in [6, 6.07) is 2.90. The van der Waals surface area contributed by atoms with Crippen LogP contribution in [-0.2, 0) is 0 Å². The van der Waals surface area contributed by atoms with Crippen molar-refractivity contribution in [3.63, 3.8) is 0 Å². The fourth-order valence-corrected chi connectivity index (χ4v) is 2.50. The van der Waals surface area contributed by atoms with Crippen molar-refractivity contribution >= 4 is 11.8 Å². The van der Waals surface area contributed by atoms with Crippen LogP contribution >= 0.6 is 0 Å². The highest BCUT2D eigenvalue weighted by molar-refractivity contribution is 5.91. The smallest absolute Gasteiger partial charge is 0.395 e. The first kappa shape index (κ1) is 15.5. The van der Waals surface area contributed by atoms with Crippen molar-refractivity contribution in [3.8, 4) is 0 Å². The van der Waals surface area contributed by atoms with Gasteiger partial charge in [0.1, 0.15) is 4.92 Å². The molecule has 1 aliphatic heterocycles. The minimum absolute atomic E-state index is 0.0378. The van der Waals surface area contributed by atoms with Gasteiger partial charge in [0.15, 0.2) is 5.76 Å². The van der Waals surface area contributed by atoms with E-state index in [1.54, 1.807) is 4.90 Å². The molecule has 21 heavy (non-hydrogen) atoms. The van der Waals surface area contributed by atoms with Crippen LogP contribution in [0.15, 0.2) is 16.5 Å². The second-order valence-corrected chi connectivity index (χ2v) is 5.29. The molecule has 2 heterocycles. The van der Waals surface area contributed by atoms with E-state index in [2.05, 4.69) is 12.2 Å². The van der Waals surface area contributed by atoms with E-state index in [1.165, 1.54) is 12.1 Å². The van der Waals surface area contributed by atoms with E-state index in [1.807, 2.05) is 0 Å². The molecule has 1 aromatic heterocycles. The number of hydrogen-bond acceptors (Lipinski definition) is 5. The van der Waals surface area contributed by atoms with Gasteiger partial charge >= 0.3 is 5.88 Å². The summed E-state index contributed by atoms with van der Waals surface area (Å²) in [4.78, 5) is 24.2. The van der Waals surface area contributed by atoms with E-state index in [0.717, 1.165) is 32.2 Å². The molecule has 1 amide bonds. The van der Waals surface area contributed by atoms with E-state index >= 15 is 0 Å². The Morgan fingerprint density at radius 1 is 1.57 bits per heavy atom. The first-order chi connectivity index (χ1) is 10.1. The molecule has 0 spiro atoms. The van der Waals surface area contributed by atoms with Gasteiger partial charge in [-0.15, -0.1) is 0 Å². The number of hydrogen-bond donors (Lipinski definition) is 1. The van der Waals surface area contributed by atoms with Crippen molar-refractivity contribution < 1.29 is 14.1 Å². The van der Waals surface area contributed by atoms with Crippen molar-refractivity contribution in [2.24, 2.45) is 0 Å². The van der Waals surface area contributed by atoms with Crippen molar-refractivity contribution in [2.75, 3.05) is 19.6 Å². The third kappa shape index (κ3) is 4.04. The summed E-state index contributed by atoms with van der Waals surface area (Å²) in [5.41, 5.74) is 0. The van der Waals surface area contributed by atoms with Crippen molar-refractivity contribution in [1.29, 1.82) is 0 Å². The molecule has 1 fully saturated rings. The number of carbonyl (C=O) groups is 1. The third-order valence-electron chi connectivity index (χ3n) is 3.65. The highest BCUT2D eigenvalue weighted by atomic mass is 16.6. The Kier molecular flexibility index (Phi) is 5.32. The number of nitro groups is 1. The van der Waals surface area contributed by atoms with Gasteiger partial charge in [0.2, 0.25) is 0 Å². The molecule has 7 heteroatoms. The monoisotopic (exact) mass is 295 g/mol. The summed E-state index contributed by atoms with van der Waals surface area (Å²) in [5.74, 6) is -0.631. The Labute approximate surface area is 123 Å². The molecule has 2 rings (SSSR count). The van der Waals surface area contributed by atoms with Crippen LogP contribution in [0, 0.1) is 10.1 Å². The Balaban J connectivity index is 2.05. The van der Waals surface area contributed by atoms with Gasteiger partial charge in [-0.2, -0.15) is 0 Å². The number of carbonyl (C=O) groups excluding carboxylic acids is 1. The molecule has 0 radical (unpaired) electrons. The summed E-state index contributed by atoms with van der Waals surface area (Å²) < 4.78 is 5.02. The highest BCUT2D eigenvalue weighted by Crippen LogP contribution is 2.18. The lowest BCUT2D eigenvalue weighted by Gasteiger charge is -2.24. The van der Waals surface area contributed by atoms with E-state index in [4.69, 9.17) is 4.42 Å². The topological polar surface area (TPSA) is 88.6 Å². The molecule has 7 nitrogen and oxygen atoms in total. The predicted octanol–water partition coefficient (Wildman–Crippen LogP) is 2.18. The zero-order valence-corrected chi connectivity index (χ0v) is 12.2. The van der Waals surface area contributed by atoms with Gasteiger partial charge in [-0.05, 0) is 31.9 Å². The number of amides is 1. The molecule has 116 valence electrons. The summed E-state index contributed by atoms with van der Waals surface area (Å²) in [6.45, 7) is 4.30. The van der Waals surface area contributed by atoms with Gasteiger partial charge < -0.3 is 14.6 Å². The van der Waals surface area contributed by atoms with Crippen LogP contribution in [0.2, 0.25) is 0 Å². The van der Waals surface area contributed by atoms with Gasteiger partial charge in [0.25, 0.3) is 5.91 Å². The number of furan rings is 1. The van der Waals surface area contributed by atoms with Gasteiger partial charge in [-0.3, -0.25) is 14.9 Å². The molecular formula is C14H21N3O4. The van der Waals surface area contributed by atoms with E-state index < -0.39 is 10.8 Å². The molecule has 1 unspecified atom stereocenters. The second-order valence-electron chi connectivity index (χ2n) is 5.29. The van der Waals surface area contributed by atoms with Gasteiger partial charge in [-0.25, -0.2) is 0 Å². The first-order valence-electron chi connectivity index (χ1n) is 7.38. The molecule has 0 aliphatic carbocycles. The van der Waals surface area contributed by atoms with Crippen LogP contribution in [-0.4, -0.2) is 41.4 Å². The third-order valence-corrected chi connectivity index (χ3v) is 3.65. The molecule has 1 aromatic rings. The molecule has 0 saturated carbocycles. The van der Waals surface area contributed by atoms with Crippen LogP contribution in [0.3, 0.4) is 0 Å². The Morgan fingerprint density at radius 3 is 2.95 bits per heavy atom. The van der Waals surface area contributed by atoms with Crippen molar-refractivity contribution in [2.45, 2.75) is 38.6 Å². The molecule has 1 aliphatic rings. The number of nitrogens with zero attached hydrogens (tertiary/aromatic N) is 2. The zero-order valence-electron chi connectivity index (χ0n) is 12.2. The highest BCUT2D eigenvalue weighted by Gasteiger charge is 2.25. The minimum atomic E-state index is -0.633. The van der Waals surface area contributed by atoms with Crippen LogP contribution < -0.4 is 5.32 Å². The molecule has 0 aromatic carbocycles. The average molecular weight is 295 g/mol. The molecular weight excluding hydrogens is 274 g/mol. The maximum Gasteiger partial charge on any atom is 0.433 e. The summed E-state index contributed by atoms with van der Waals surface area (Å²) in [6.07, 6.45) is 4.06. The van der Waals surface area contributed by atoms with Crippen molar-refractivity contribution in [3.05, 3.63) is 28.0 Å². The van der Waals surface area contributed by atoms with E-state index in [9.17, 15) is 14.9 Å². The molecule has 0 bridgehead atoms. The summed E-state index contributed by atoms with van der Waals surface area (Å²) in [7, 11) is 0. The lowest BCUT2D eigenvalue weighted by atomic mass is 10.2. The lowest BCUT2D eigenvalue weighted by molar-refractivity contribution is -0.402. The fourth-order valence-electron chi connectivity index (χ4n) is 2.50. The quantitative estimate of drug-likeness (QED) is 0.615. The largest absolute Gasteiger partial charge is 0.433 e. The number of rotatable bonds is 7. The number of nitrogens with one attached hydrogen (secondary N) is 1. The fraction of sp³-hybridized carbons (Fsp3) is 0.643. The molecule has 1 atom stereocenters. The van der Waals surface area contributed by atoms with Crippen LogP contribution in [0.1, 0.15) is 43.2 Å². The minimum Gasteiger partial charge on any atom is -0.395 e. The Bertz CT molecular complexity index is 494. The maximum atomic E-state index is 12.5. The standard InChI is InChI=1S/C14H21N3O4/c1-2-3-9-16(10-11-5-4-8-15-11)14(18)12-6-7-13(21-12)17(19)20/h6-7,11,15H,2-5,8-10H2,1H3. The summed E-state index contributed by atoms with van der Waals surface area (Å²) in [5, 5.41) is 14.0. The van der Waals surface area contributed by atoms with E-state index in [-0.39, 0.29) is 11.7 Å². The second kappa shape index (κ2) is 7.21. The number of unbranched alkanes of at least 4 members (excludes halogenated alkanes) is 1. The van der Waals surface area contributed by atoms with Crippen LogP contribution in [0.25, 0.3) is 0 Å². The Hall–Kier alpha value is -1.89. The average Bonchev–Trinajstić information content (AvgIpc) is 3.13. The van der Waals surface area contributed by atoms with Crippen LogP contribution in [0.4, 0.5) is 5.88 Å². The molecule has 1 saturated heterocycles. The Morgan fingerprint density at radius 2 is 2.38 bits per heavy atom. The van der Waals surface area contributed by atoms with Crippen LogP contribution in [0.5, 0.6) is 0 Å². The summed E-state index contributed by atoms with van der Waals surface area (Å²) >= 11 is 0. The zero-order chi connectivity index (χ0) is 15.2. The lowest BCUT2D eigenvalue weighted by Crippen LogP contribution is -2.41. The van der Waals surface area contributed by atoms with Gasteiger partial charge in [0, 0.05) is 19.1 Å². The van der Waals surface area contributed by atoms with E-state index in [0.29, 0.717) is 19.1 Å². The first-order valence-corrected chi connectivity index (χ1v) is 7.38. The van der Waals surface area contributed by atoms with Gasteiger partial charge in [0.05, 0.1) is 6.07 Å². The molecule has 1 N–H and O–H groups in total. The normalized spacial score (nSPS) is 17.9. The van der Waals surface area contributed by atoms with Gasteiger partial charge in [-0.1, -0.05) is 13.3 Å². The SMILES string of the molecule is CCCCN(CC1CCCN1)C(=O)c1ccc([N+](=O)[O-])o1. The van der Waals surface area contributed by atoms with Crippen molar-refractivity contribution in [1.82, 2.24) is 10.2 Å². The predicted molar refractivity (Wildman–Crippen MR) is 77.2 cm³/mol.